The maximum atomic E-state index is 12.3. The lowest BCUT2D eigenvalue weighted by Gasteiger charge is -2.25. The quantitative estimate of drug-likeness (QED) is 0.494. The van der Waals surface area contributed by atoms with E-state index in [1.54, 1.807) is 35.0 Å². The van der Waals surface area contributed by atoms with Crippen molar-refractivity contribution in [2.75, 3.05) is 7.05 Å². The van der Waals surface area contributed by atoms with Crippen LogP contribution in [0.15, 0.2) is 48.2 Å². The van der Waals surface area contributed by atoms with E-state index in [2.05, 4.69) is 5.32 Å². The van der Waals surface area contributed by atoms with Crippen molar-refractivity contribution in [2.24, 2.45) is 0 Å². The van der Waals surface area contributed by atoms with E-state index >= 15 is 0 Å². The number of nitrogens with zero attached hydrogens (tertiary/aromatic N) is 2. The van der Waals surface area contributed by atoms with Gasteiger partial charge >= 0.3 is 5.97 Å². The molecule has 8 heteroatoms. The molecule has 1 fully saturated rings. The Bertz CT molecular complexity index is 928. The van der Waals surface area contributed by atoms with Gasteiger partial charge in [0.05, 0.1) is 5.56 Å². The van der Waals surface area contributed by atoms with Crippen LogP contribution in [0.3, 0.4) is 0 Å². The maximum absolute atomic E-state index is 12.3. The number of carboxylic acid groups (broad SMARTS) is 1. The van der Waals surface area contributed by atoms with Gasteiger partial charge < -0.3 is 9.67 Å². The van der Waals surface area contributed by atoms with Crippen molar-refractivity contribution in [2.45, 2.75) is 0 Å². The Morgan fingerprint density at radius 1 is 1.20 bits per heavy atom. The number of benzene rings is 1. The molecule has 0 saturated carbocycles. The van der Waals surface area contributed by atoms with Crippen molar-refractivity contribution in [3.05, 3.63) is 59.4 Å². The number of carboxylic acids is 1. The molecule has 1 saturated heterocycles. The topological polar surface area (TPSA) is 91.6 Å². The first-order chi connectivity index (χ1) is 11.9. The highest BCUT2D eigenvalue weighted by Crippen LogP contribution is 2.18. The summed E-state index contributed by atoms with van der Waals surface area (Å²) >= 11 is 4.91. The average molecular weight is 355 g/mol. The third kappa shape index (κ3) is 3.07. The van der Waals surface area contributed by atoms with Gasteiger partial charge in [-0.3, -0.25) is 19.8 Å². The van der Waals surface area contributed by atoms with E-state index < -0.39 is 17.8 Å². The van der Waals surface area contributed by atoms with Gasteiger partial charge in [0.1, 0.15) is 5.57 Å². The largest absolute Gasteiger partial charge is 0.478 e. The third-order valence-electron chi connectivity index (χ3n) is 3.77. The molecular weight excluding hydrogens is 342 g/mol. The fraction of sp³-hybridized carbons (Fsp3) is 0.0588. The van der Waals surface area contributed by atoms with Gasteiger partial charge in [0.2, 0.25) is 0 Å². The van der Waals surface area contributed by atoms with Crippen LogP contribution < -0.4 is 5.32 Å². The van der Waals surface area contributed by atoms with E-state index in [1.165, 1.54) is 30.2 Å². The lowest BCUT2D eigenvalue weighted by Crippen LogP contribution is -2.52. The number of amides is 2. The molecule has 0 spiro atoms. The maximum Gasteiger partial charge on any atom is 0.335 e. The molecule has 1 aliphatic rings. The molecule has 1 aromatic heterocycles. The van der Waals surface area contributed by atoms with Crippen molar-refractivity contribution in [1.82, 2.24) is 14.8 Å². The first-order valence-electron chi connectivity index (χ1n) is 7.24. The normalized spacial score (nSPS) is 16.3. The number of aromatic nitrogens is 1. The number of rotatable bonds is 3. The molecule has 0 atom stereocenters. The Morgan fingerprint density at radius 2 is 1.88 bits per heavy atom. The number of nitrogens with one attached hydrogen (secondary N) is 1. The number of likely N-dealkylation sites (N-methyl/N-ethyl adjacent to an activating group) is 1. The smallest absolute Gasteiger partial charge is 0.335 e. The van der Waals surface area contributed by atoms with E-state index in [4.69, 9.17) is 17.3 Å². The summed E-state index contributed by atoms with van der Waals surface area (Å²) in [5.41, 5.74) is 1.45. The first kappa shape index (κ1) is 16.6. The Kier molecular flexibility index (Phi) is 4.20. The van der Waals surface area contributed by atoms with Crippen LogP contribution in [-0.2, 0) is 9.59 Å². The van der Waals surface area contributed by atoms with E-state index in [-0.39, 0.29) is 16.2 Å². The summed E-state index contributed by atoms with van der Waals surface area (Å²) in [7, 11) is 1.49. The fourth-order valence-corrected chi connectivity index (χ4v) is 2.58. The summed E-state index contributed by atoms with van der Waals surface area (Å²) in [6.45, 7) is 0. The van der Waals surface area contributed by atoms with Gasteiger partial charge in [0.15, 0.2) is 5.11 Å². The highest BCUT2D eigenvalue weighted by Gasteiger charge is 2.31. The van der Waals surface area contributed by atoms with Crippen LogP contribution in [0.2, 0.25) is 0 Å². The molecule has 3 rings (SSSR count). The zero-order valence-electron chi connectivity index (χ0n) is 13.1. The Hall–Kier alpha value is -3.26. The highest BCUT2D eigenvalue weighted by atomic mass is 32.1. The van der Waals surface area contributed by atoms with E-state index in [0.29, 0.717) is 11.4 Å². The first-order valence-corrected chi connectivity index (χ1v) is 7.65. The molecule has 0 aliphatic carbocycles. The van der Waals surface area contributed by atoms with Gasteiger partial charge in [-0.2, -0.15) is 0 Å². The standard InChI is InChI=1S/C17H13N3O4S/c1-19-15(22)13(14(21)18-17(19)25)9-12-3-2-8-20(12)11-6-4-10(5-7-11)16(23)24/h2-9H,1H3,(H,23,24)(H,18,21,25)/b13-9+. The summed E-state index contributed by atoms with van der Waals surface area (Å²) in [5, 5.41) is 11.5. The van der Waals surface area contributed by atoms with Crippen LogP contribution in [0.1, 0.15) is 16.1 Å². The van der Waals surface area contributed by atoms with Gasteiger partial charge in [-0.25, -0.2) is 4.79 Å². The fourth-order valence-electron chi connectivity index (χ4n) is 2.40. The van der Waals surface area contributed by atoms with Crippen LogP contribution >= 0.6 is 12.2 Å². The molecule has 126 valence electrons. The van der Waals surface area contributed by atoms with Crippen LogP contribution in [0.25, 0.3) is 11.8 Å². The molecule has 25 heavy (non-hydrogen) atoms. The van der Waals surface area contributed by atoms with Crippen molar-refractivity contribution in [1.29, 1.82) is 0 Å². The monoisotopic (exact) mass is 355 g/mol. The van der Waals surface area contributed by atoms with Crippen LogP contribution in [0.5, 0.6) is 0 Å². The third-order valence-corrected chi connectivity index (χ3v) is 4.15. The van der Waals surface area contributed by atoms with Crippen molar-refractivity contribution in [3.8, 4) is 5.69 Å². The summed E-state index contributed by atoms with van der Waals surface area (Å²) in [5.74, 6) is -2.05. The number of carbonyl (C=O) groups excluding carboxylic acids is 2. The minimum atomic E-state index is -1.01. The minimum absolute atomic E-state index is 0.0294. The SMILES string of the molecule is CN1C(=O)/C(=C/c2cccn2-c2ccc(C(=O)O)cc2)C(=O)NC1=S. The summed E-state index contributed by atoms with van der Waals surface area (Å²) < 4.78 is 1.74. The molecule has 2 amide bonds. The second-order valence-electron chi connectivity index (χ2n) is 5.34. The molecule has 7 nitrogen and oxygen atoms in total. The van der Waals surface area contributed by atoms with E-state index in [0.717, 1.165) is 0 Å². The zero-order chi connectivity index (χ0) is 18.1. The minimum Gasteiger partial charge on any atom is -0.478 e. The van der Waals surface area contributed by atoms with Gasteiger partial charge in [-0.05, 0) is 54.7 Å². The van der Waals surface area contributed by atoms with Gasteiger partial charge in [0, 0.05) is 24.6 Å². The number of thiocarbonyl (C=S) groups is 1. The van der Waals surface area contributed by atoms with E-state index in [1.807, 2.05) is 0 Å². The Labute approximate surface area is 148 Å². The molecule has 0 radical (unpaired) electrons. The van der Waals surface area contributed by atoms with Gasteiger partial charge in [-0.1, -0.05) is 0 Å². The highest BCUT2D eigenvalue weighted by molar-refractivity contribution is 7.80. The summed E-state index contributed by atoms with van der Waals surface area (Å²) in [6.07, 6.45) is 3.22. The van der Waals surface area contributed by atoms with Crippen LogP contribution in [0.4, 0.5) is 0 Å². The van der Waals surface area contributed by atoms with Crippen molar-refractivity contribution >= 4 is 41.2 Å². The lowest BCUT2D eigenvalue weighted by atomic mass is 10.1. The molecule has 1 aliphatic heterocycles. The Morgan fingerprint density at radius 3 is 2.52 bits per heavy atom. The molecule has 0 unspecified atom stereocenters. The molecule has 1 aromatic carbocycles. The lowest BCUT2D eigenvalue weighted by molar-refractivity contribution is -0.128. The number of hydrogen-bond donors (Lipinski definition) is 2. The van der Waals surface area contributed by atoms with Gasteiger partial charge in [-0.15, -0.1) is 0 Å². The van der Waals surface area contributed by atoms with Gasteiger partial charge in [0.25, 0.3) is 11.8 Å². The molecule has 2 aromatic rings. The second kappa shape index (κ2) is 6.33. The molecule has 2 heterocycles. The summed E-state index contributed by atoms with van der Waals surface area (Å²) in [4.78, 5) is 36.5. The van der Waals surface area contributed by atoms with Crippen molar-refractivity contribution in [3.63, 3.8) is 0 Å². The number of hydrogen-bond acceptors (Lipinski definition) is 4. The zero-order valence-corrected chi connectivity index (χ0v) is 13.9. The Balaban J connectivity index is 1.99. The van der Waals surface area contributed by atoms with Crippen molar-refractivity contribution < 1.29 is 19.5 Å². The predicted octanol–water partition coefficient (Wildman–Crippen LogP) is 1.43. The average Bonchev–Trinajstić information content (AvgIpc) is 3.05. The molecule has 0 bridgehead atoms. The molecule has 2 N–H and O–H groups in total. The number of carbonyl (C=O) groups is 3. The number of aromatic carboxylic acids is 1. The summed E-state index contributed by atoms with van der Waals surface area (Å²) in [6, 6.07) is 9.77. The van der Waals surface area contributed by atoms with Crippen LogP contribution in [-0.4, -0.2) is 44.5 Å². The van der Waals surface area contributed by atoms with E-state index in [9.17, 15) is 14.4 Å². The predicted molar refractivity (Wildman–Crippen MR) is 94.2 cm³/mol. The molecular formula is C17H13N3O4S. The second-order valence-corrected chi connectivity index (χ2v) is 5.72. The van der Waals surface area contributed by atoms with Crippen LogP contribution in [0, 0.1) is 0 Å².